The van der Waals surface area contributed by atoms with Crippen LogP contribution in [0.1, 0.15) is 16.2 Å². The van der Waals surface area contributed by atoms with Gasteiger partial charge in [0.2, 0.25) is 0 Å². The third kappa shape index (κ3) is 2.83. The van der Waals surface area contributed by atoms with Crippen molar-refractivity contribution in [3.05, 3.63) is 70.5 Å². The maximum Gasteiger partial charge on any atom is 0.261 e. The molecule has 3 aromatic heterocycles. The van der Waals surface area contributed by atoms with E-state index in [9.17, 15) is 9.59 Å². The lowest BCUT2D eigenvalue weighted by atomic mass is 10.2. The number of benzene rings is 1. The number of oxazole rings is 1. The number of fused-ring (bicyclic) bond motifs is 1. The second-order valence-electron chi connectivity index (χ2n) is 5.46. The molecule has 4 rings (SSSR count). The molecule has 25 heavy (non-hydrogen) atoms. The smallest absolute Gasteiger partial charge is 0.261 e. The van der Waals surface area contributed by atoms with Crippen molar-refractivity contribution in [3.63, 3.8) is 0 Å². The number of pyridine rings is 1. The molecule has 0 fully saturated rings. The fourth-order valence-corrected chi connectivity index (χ4v) is 2.54. The number of furan rings is 1. The van der Waals surface area contributed by atoms with Crippen LogP contribution in [0.2, 0.25) is 0 Å². The van der Waals surface area contributed by atoms with Gasteiger partial charge in [0.15, 0.2) is 11.5 Å². The van der Waals surface area contributed by atoms with Crippen LogP contribution in [0.25, 0.3) is 22.6 Å². The molecule has 0 unspecified atom stereocenters. The Balaban J connectivity index is 1.60. The molecule has 1 amide bonds. The van der Waals surface area contributed by atoms with Crippen molar-refractivity contribution < 1.29 is 13.6 Å². The van der Waals surface area contributed by atoms with Crippen LogP contribution in [-0.4, -0.2) is 15.9 Å². The maximum atomic E-state index is 12.4. The molecule has 0 saturated carbocycles. The minimum absolute atomic E-state index is 0.00385. The van der Waals surface area contributed by atoms with E-state index >= 15 is 0 Å². The van der Waals surface area contributed by atoms with Crippen LogP contribution in [0.5, 0.6) is 0 Å². The summed E-state index contributed by atoms with van der Waals surface area (Å²) >= 11 is 0. The second kappa shape index (κ2) is 5.79. The number of anilines is 1. The van der Waals surface area contributed by atoms with Crippen LogP contribution < -0.4 is 10.9 Å². The molecule has 0 aliphatic heterocycles. The number of aromatic nitrogens is 2. The molecule has 7 nitrogen and oxygen atoms in total. The fourth-order valence-electron chi connectivity index (χ4n) is 2.54. The lowest BCUT2D eigenvalue weighted by molar-refractivity contribution is 0.102. The Morgan fingerprint density at radius 3 is 2.84 bits per heavy atom. The van der Waals surface area contributed by atoms with E-state index in [0.717, 1.165) is 0 Å². The molecular formula is C18H13N3O4. The number of aromatic amines is 1. The van der Waals surface area contributed by atoms with E-state index < -0.39 is 11.5 Å². The summed E-state index contributed by atoms with van der Waals surface area (Å²) in [6, 6.07) is 11.6. The first-order valence-electron chi connectivity index (χ1n) is 7.56. The highest BCUT2D eigenvalue weighted by molar-refractivity contribution is 6.04. The van der Waals surface area contributed by atoms with Crippen LogP contribution in [-0.2, 0) is 0 Å². The summed E-state index contributed by atoms with van der Waals surface area (Å²) in [5.41, 5.74) is 1.80. The highest BCUT2D eigenvalue weighted by Gasteiger charge is 2.13. The number of hydrogen-bond acceptors (Lipinski definition) is 5. The topological polar surface area (TPSA) is 101 Å². The first kappa shape index (κ1) is 14.9. The van der Waals surface area contributed by atoms with Gasteiger partial charge in [0, 0.05) is 18.7 Å². The van der Waals surface area contributed by atoms with E-state index in [1.807, 2.05) is 0 Å². The number of aryl methyl sites for hydroxylation is 1. The summed E-state index contributed by atoms with van der Waals surface area (Å²) < 4.78 is 10.7. The Morgan fingerprint density at radius 1 is 1.20 bits per heavy atom. The van der Waals surface area contributed by atoms with Gasteiger partial charge in [0.25, 0.3) is 11.5 Å². The van der Waals surface area contributed by atoms with Crippen LogP contribution in [0, 0.1) is 6.92 Å². The lowest BCUT2D eigenvalue weighted by Gasteiger charge is -2.05. The van der Waals surface area contributed by atoms with Gasteiger partial charge in [-0.15, -0.1) is 0 Å². The zero-order chi connectivity index (χ0) is 17.4. The predicted molar refractivity (Wildman–Crippen MR) is 91.5 cm³/mol. The summed E-state index contributed by atoms with van der Waals surface area (Å²) in [6.07, 6.45) is 1.51. The summed E-state index contributed by atoms with van der Waals surface area (Å²) in [5, 5.41) is 2.68. The standard InChI is InChI=1S/C18H13N3O4/c1-10-19-14-6-4-11(9-16(14)25-10)20-17(22)12-5-7-13(21-18(12)23)15-3-2-8-24-15/h2-9H,1H3,(H,20,22)(H,21,23). The molecule has 0 aliphatic carbocycles. The van der Waals surface area contributed by atoms with E-state index in [2.05, 4.69) is 15.3 Å². The fraction of sp³-hybridized carbons (Fsp3) is 0.0556. The monoisotopic (exact) mass is 335 g/mol. The lowest BCUT2D eigenvalue weighted by Crippen LogP contribution is -2.23. The molecule has 2 N–H and O–H groups in total. The van der Waals surface area contributed by atoms with Crippen molar-refractivity contribution in [1.82, 2.24) is 9.97 Å². The Morgan fingerprint density at radius 2 is 2.08 bits per heavy atom. The van der Waals surface area contributed by atoms with Gasteiger partial charge in [-0.2, -0.15) is 0 Å². The van der Waals surface area contributed by atoms with Gasteiger partial charge in [0.1, 0.15) is 16.8 Å². The molecule has 1 aromatic carbocycles. The Labute approximate surface area is 141 Å². The van der Waals surface area contributed by atoms with Crippen LogP contribution >= 0.6 is 0 Å². The Bertz CT molecular complexity index is 1120. The summed E-state index contributed by atoms with van der Waals surface area (Å²) in [6.45, 7) is 1.75. The number of rotatable bonds is 3. The largest absolute Gasteiger partial charge is 0.463 e. The molecule has 0 atom stereocenters. The van der Waals surface area contributed by atoms with Crippen molar-refractivity contribution in [2.45, 2.75) is 6.92 Å². The van der Waals surface area contributed by atoms with Crippen LogP contribution in [0.4, 0.5) is 5.69 Å². The number of hydrogen-bond donors (Lipinski definition) is 2. The number of amides is 1. The van der Waals surface area contributed by atoms with Gasteiger partial charge in [-0.1, -0.05) is 0 Å². The van der Waals surface area contributed by atoms with Crippen LogP contribution in [0.15, 0.2) is 62.4 Å². The summed E-state index contributed by atoms with van der Waals surface area (Å²) in [5.74, 6) is 0.557. The second-order valence-corrected chi connectivity index (χ2v) is 5.46. The predicted octanol–water partition coefficient (Wildman–Crippen LogP) is 3.34. The summed E-state index contributed by atoms with van der Waals surface area (Å²) in [4.78, 5) is 31.4. The highest BCUT2D eigenvalue weighted by atomic mass is 16.3. The molecule has 124 valence electrons. The number of carbonyl (C=O) groups excluding carboxylic acids is 1. The first-order chi connectivity index (χ1) is 12.1. The summed E-state index contributed by atoms with van der Waals surface area (Å²) in [7, 11) is 0. The zero-order valence-electron chi connectivity index (χ0n) is 13.2. The number of nitrogens with one attached hydrogen (secondary N) is 2. The number of nitrogens with zero attached hydrogens (tertiary/aromatic N) is 1. The minimum Gasteiger partial charge on any atom is -0.463 e. The first-order valence-corrected chi connectivity index (χ1v) is 7.56. The van der Waals surface area contributed by atoms with E-state index in [1.165, 1.54) is 12.3 Å². The normalized spacial score (nSPS) is 10.9. The SMILES string of the molecule is Cc1nc2ccc(NC(=O)c3ccc(-c4ccco4)[nH]c3=O)cc2o1. The molecule has 7 heteroatoms. The van der Waals surface area contributed by atoms with Gasteiger partial charge in [-0.05, 0) is 36.4 Å². The van der Waals surface area contributed by atoms with Crippen molar-refractivity contribution in [1.29, 1.82) is 0 Å². The Kier molecular flexibility index (Phi) is 3.46. The van der Waals surface area contributed by atoms with Gasteiger partial charge in [-0.25, -0.2) is 4.98 Å². The zero-order valence-corrected chi connectivity index (χ0v) is 13.2. The van der Waals surface area contributed by atoms with Crippen molar-refractivity contribution in [3.8, 4) is 11.5 Å². The quantitative estimate of drug-likeness (QED) is 0.598. The Hall–Kier alpha value is -3.61. The number of H-pyrrole nitrogens is 1. The van der Waals surface area contributed by atoms with Crippen LogP contribution in [0.3, 0.4) is 0 Å². The molecule has 0 saturated heterocycles. The van der Waals surface area contributed by atoms with Crippen molar-refractivity contribution >= 4 is 22.7 Å². The van der Waals surface area contributed by atoms with E-state index in [0.29, 0.717) is 34.1 Å². The molecule has 0 bridgehead atoms. The van der Waals surface area contributed by atoms with E-state index in [1.54, 1.807) is 43.3 Å². The molecule has 0 aliphatic rings. The van der Waals surface area contributed by atoms with Crippen molar-refractivity contribution in [2.75, 3.05) is 5.32 Å². The molecule has 4 aromatic rings. The molecule has 3 heterocycles. The van der Waals surface area contributed by atoms with E-state index in [4.69, 9.17) is 8.83 Å². The number of carbonyl (C=O) groups is 1. The molecule has 0 radical (unpaired) electrons. The highest BCUT2D eigenvalue weighted by Crippen LogP contribution is 2.20. The van der Waals surface area contributed by atoms with Gasteiger partial charge >= 0.3 is 0 Å². The maximum absolute atomic E-state index is 12.4. The van der Waals surface area contributed by atoms with Gasteiger partial charge in [0.05, 0.1) is 12.0 Å². The minimum atomic E-state index is -0.511. The third-order valence-electron chi connectivity index (χ3n) is 3.69. The molecular weight excluding hydrogens is 322 g/mol. The van der Waals surface area contributed by atoms with Gasteiger partial charge < -0.3 is 19.1 Å². The van der Waals surface area contributed by atoms with Gasteiger partial charge in [-0.3, -0.25) is 9.59 Å². The molecule has 0 spiro atoms. The average Bonchev–Trinajstić information content (AvgIpc) is 3.22. The third-order valence-corrected chi connectivity index (χ3v) is 3.69. The van der Waals surface area contributed by atoms with E-state index in [-0.39, 0.29) is 5.56 Å². The average molecular weight is 335 g/mol. The van der Waals surface area contributed by atoms with Crippen molar-refractivity contribution in [2.24, 2.45) is 0 Å².